The van der Waals surface area contributed by atoms with Crippen LogP contribution in [0.25, 0.3) is 10.9 Å². The molecular formula is C21H22BrN5O. The molecule has 1 aromatic carbocycles. The van der Waals surface area contributed by atoms with E-state index in [1.54, 1.807) is 18.6 Å². The number of hydrogen-bond acceptors (Lipinski definition) is 4. The van der Waals surface area contributed by atoms with Gasteiger partial charge in [0.15, 0.2) is 0 Å². The van der Waals surface area contributed by atoms with Crippen LogP contribution in [0, 0.1) is 5.92 Å². The quantitative estimate of drug-likeness (QED) is 0.663. The molecule has 1 fully saturated rings. The number of aromatic nitrogens is 3. The minimum absolute atomic E-state index is 0.0225. The number of H-pyrrole nitrogens is 1. The van der Waals surface area contributed by atoms with Gasteiger partial charge in [-0.2, -0.15) is 0 Å². The molecule has 7 heteroatoms. The number of piperidine rings is 1. The molecule has 1 saturated heterocycles. The van der Waals surface area contributed by atoms with Gasteiger partial charge in [-0.1, -0.05) is 15.9 Å². The first kappa shape index (κ1) is 17.7. The third-order valence-corrected chi connectivity index (χ3v) is 6.39. The molecule has 144 valence electrons. The Labute approximate surface area is 172 Å². The Balaban J connectivity index is 1.35. The van der Waals surface area contributed by atoms with Crippen LogP contribution < -0.4 is 4.90 Å². The van der Waals surface area contributed by atoms with E-state index < -0.39 is 0 Å². The number of anilines is 1. The largest absolute Gasteiger partial charge is 0.358 e. The van der Waals surface area contributed by atoms with Gasteiger partial charge in [0, 0.05) is 71.6 Å². The molecule has 1 N–H and O–H groups in total. The summed E-state index contributed by atoms with van der Waals surface area (Å²) in [5.41, 5.74) is 3.67. The Morgan fingerprint density at radius 3 is 3.04 bits per heavy atom. The van der Waals surface area contributed by atoms with Gasteiger partial charge in [0.05, 0.1) is 12.1 Å². The summed E-state index contributed by atoms with van der Waals surface area (Å²) >= 11 is 3.57. The molecule has 5 rings (SSSR count). The lowest BCUT2D eigenvalue weighted by atomic mass is 9.95. The fourth-order valence-electron chi connectivity index (χ4n) is 4.47. The molecule has 2 aliphatic rings. The SMILES string of the molecule is O=C(C1CCCN(c2cnccn2)C1)N1CCc2[nH]c3ccc(Br)cc3c2C1. The number of amides is 1. The Kier molecular flexibility index (Phi) is 4.55. The molecule has 2 aliphatic heterocycles. The molecule has 6 nitrogen and oxygen atoms in total. The van der Waals surface area contributed by atoms with Gasteiger partial charge in [0.2, 0.25) is 5.91 Å². The summed E-state index contributed by atoms with van der Waals surface area (Å²) in [5, 5.41) is 1.21. The minimum atomic E-state index is 0.0225. The molecule has 0 aliphatic carbocycles. The van der Waals surface area contributed by atoms with Crippen LogP contribution in [0.4, 0.5) is 5.82 Å². The molecule has 3 aromatic rings. The molecule has 0 bridgehead atoms. The van der Waals surface area contributed by atoms with Crippen LogP contribution >= 0.6 is 15.9 Å². The van der Waals surface area contributed by atoms with E-state index in [0.29, 0.717) is 6.54 Å². The highest BCUT2D eigenvalue weighted by Gasteiger charge is 2.32. The van der Waals surface area contributed by atoms with Gasteiger partial charge in [0.1, 0.15) is 5.82 Å². The molecular weight excluding hydrogens is 418 g/mol. The highest BCUT2D eigenvalue weighted by Crippen LogP contribution is 2.31. The van der Waals surface area contributed by atoms with E-state index in [-0.39, 0.29) is 11.8 Å². The second-order valence-corrected chi connectivity index (χ2v) is 8.55. The van der Waals surface area contributed by atoms with Gasteiger partial charge in [-0.3, -0.25) is 9.78 Å². The number of carbonyl (C=O) groups excluding carboxylic acids is 1. The maximum Gasteiger partial charge on any atom is 0.227 e. The van der Waals surface area contributed by atoms with Crippen molar-refractivity contribution in [3.8, 4) is 0 Å². The van der Waals surface area contributed by atoms with Gasteiger partial charge in [0.25, 0.3) is 0 Å². The van der Waals surface area contributed by atoms with E-state index in [4.69, 9.17) is 0 Å². The summed E-state index contributed by atoms with van der Waals surface area (Å²) in [6.07, 6.45) is 8.01. The molecule has 1 amide bonds. The summed E-state index contributed by atoms with van der Waals surface area (Å²) in [6.45, 7) is 3.12. The molecule has 4 heterocycles. The average molecular weight is 440 g/mol. The number of nitrogens with zero attached hydrogens (tertiary/aromatic N) is 4. The zero-order valence-electron chi connectivity index (χ0n) is 15.6. The Morgan fingerprint density at radius 2 is 2.18 bits per heavy atom. The number of fused-ring (bicyclic) bond motifs is 3. The van der Waals surface area contributed by atoms with Crippen molar-refractivity contribution < 1.29 is 4.79 Å². The van der Waals surface area contributed by atoms with Crippen molar-refractivity contribution in [1.29, 1.82) is 0 Å². The summed E-state index contributed by atoms with van der Waals surface area (Å²) in [6, 6.07) is 6.30. The number of hydrogen-bond donors (Lipinski definition) is 1. The second-order valence-electron chi connectivity index (χ2n) is 7.63. The molecule has 0 spiro atoms. The predicted molar refractivity (Wildman–Crippen MR) is 112 cm³/mol. The number of aromatic amines is 1. The first-order chi connectivity index (χ1) is 13.7. The second kappa shape index (κ2) is 7.20. The van der Waals surface area contributed by atoms with Crippen LogP contribution in [-0.2, 0) is 17.8 Å². The third-order valence-electron chi connectivity index (χ3n) is 5.89. The lowest BCUT2D eigenvalue weighted by molar-refractivity contribution is -0.136. The highest BCUT2D eigenvalue weighted by atomic mass is 79.9. The minimum Gasteiger partial charge on any atom is -0.358 e. The zero-order chi connectivity index (χ0) is 19.1. The Bertz CT molecular complexity index is 1020. The fraction of sp³-hybridized carbons (Fsp3) is 0.381. The van der Waals surface area contributed by atoms with Crippen molar-refractivity contribution in [3.63, 3.8) is 0 Å². The van der Waals surface area contributed by atoms with Crippen LogP contribution in [0.2, 0.25) is 0 Å². The van der Waals surface area contributed by atoms with Crippen LogP contribution in [0.5, 0.6) is 0 Å². The monoisotopic (exact) mass is 439 g/mol. The van der Waals surface area contributed by atoms with Gasteiger partial charge in [-0.05, 0) is 31.0 Å². The zero-order valence-corrected chi connectivity index (χ0v) is 17.2. The summed E-state index contributed by atoms with van der Waals surface area (Å²) in [4.78, 5) is 29.6. The normalized spacial score (nSPS) is 19.7. The van der Waals surface area contributed by atoms with Crippen molar-refractivity contribution in [2.24, 2.45) is 5.92 Å². The van der Waals surface area contributed by atoms with Gasteiger partial charge in [-0.15, -0.1) is 0 Å². The summed E-state index contributed by atoms with van der Waals surface area (Å²) in [5.74, 6) is 1.15. The average Bonchev–Trinajstić information content (AvgIpc) is 3.11. The molecule has 0 radical (unpaired) electrons. The van der Waals surface area contributed by atoms with Crippen LogP contribution in [0.15, 0.2) is 41.3 Å². The topological polar surface area (TPSA) is 65.1 Å². The first-order valence-corrected chi connectivity index (χ1v) is 10.6. The number of rotatable bonds is 2. The van der Waals surface area contributed by atoms with E-state index in [1.165, 1.54) is 16.6 Å². The lowest BCUT2D eigenvalue weighted by Crippen LogP contribution is -2.46. The van der Waals surface area contributed by atoms with Crippen molar-refractivity contribution in [2.75, 3.05) is 24.5 Å². The van der Waals surface area contributed by atoms with Crippen LogP contribution in [-0.4, -0.2) is 45.4 Å². The van der Waals surface area contributed by atoms with Crippen molar-refractivity contribution in [3.05, 3.63) is 52.5 Å². The molecule has 1 unspecified atom stereocenters. The Morgan fingerprint density at radius 1 is 1.25 bits per heavy atom. The maximum atomic E-state index is 13.3. The van der Waals surface area contributed by atoms with Crippen molar-refractivity contribution in [1.82, 2.24) is 19.9 Å². The standard InChI is InChI=1S/C21H22BrN5O/c22-15-3-4-18-16(10-15)17-13-27(9-5-19(17)25-18)21(28)14-2-1-8-26(12-14)20-11-23-6-7-24-20/h3-4,6-7,10-11,14,25H,1-2,5,8-9,12-13H2. The molecule has 1 atom stereocenters. The number of benzene rings is 1. The third kappa shape index (κ3) is 3.17. The summed E-state index contributed by atoms with van der Waals surface area (Å²) < 4.78 is 1.07. The van der Waals surface area contributed by atoms with E-state index in [0.717, 1.165) is 54.7 Å². The Hall–Kier alpha value is -2.41. The van der Waals surface area contributed by atoms with Gasteiger partial charge < -0.3 is 14.8 Å². The fourth-order valence-corrected chi connectivity index (χ4v) is 4.84. The van der Waals surface area contributed by atoms with Crippen molar-refractivity contribution in [2.45, 2.75) is 25.8 Å². The van der Waals surface area contributed by atoms with E-state index in [2.05, 4.69) is 54.0 Å². The highest BCUT2D eigenvalue weighted by molar-refractivity contribution is 9.10. The number of carbonyl (C=O) groups is 1. The van der Waals surface area contributed by atoms with Gasteiger partial charge >= 0.3 is 0 Å². The molecule has 0 saturated carbocycles. The number of halogens is 1. The van der Waals surface area contributed by atoms with Gasteiger partial charge in [-0.25, -0.2) is 4.98 Å². The van der Waals surface area contributed by atoms with E-state index in [9.17, 15) is 4.79 Å². The first-order valence-electron chi connectivity index (χ1n) is 9.78. The predicted octanol–water partition coefficient (Wildman–Crippen LogP) is 3.52. The van der Waals surface area contributed by atoms with Crippen LogP contribution in [0.1, 0.15) is 24.1 Å². The maximum absolute atomic E-state index is 13.3. The van der Waals surface area contributed by atoms with E-state index in [1.807, 2.05) is 4.90 Å². The van der Waals surface area contributed by atoms with Crippen molar-refractivity contribution >= 4 is 38.6 Å². The smallest absolute Gasteiger partial charge is 0.227 e. The lowest BCUT2D eigenvalue weighted by Gasteiger charge is -2.36. The number of nitrogens with one attached hydrogen (secondary N) is 1. The van der Waals surface area contributed by atoms with Crippen LogP contribution in [0.3, 0.4) is 0 Å². The van der Waals surface area contributed by atoms with E-state index >= 15 is 0 Å². The molecule has 28 heavy (non-hydrogen) atoms. The molecule has 2 aromatic heterocycles. The summed E-state index contributed by atoms with van der Waals surface area (Å²) in [7, 11) is 0.